The second-order valence-corrected chi connectivity index (χ2v) is 7.31. The number of aromatic nitrogens is 5. The third-order valence-corrected chi connectivity index (χ3v) is 5.04. The van der Waals surface area contributed by atoms with E-state index in [2.05, 4.69) is 15.3 Å². The Hall–Kier alpha value is -2.18. The first-order chi connectivity index (χ1) is 12.0. The molecule has 1 aliphatic carbocycles. The van der Waals surface area contributed by atoms with E-state index in [1.54, 1.807) is 17.3 Å². The topological polar surface area (TPSA) is 68.8 Å². The predicted molar refractivity (Wildman–Crippen MR) is 94.8 cm³/mol. The summed E-state index contributed by atoms with van der Waals surface area (Å²) in [4.78, 5) is 19.0. The molecule has 25 heavy (non-hydrogen) atoms. The molecule has 0 N–H and O–H groups in total. The number of aryl methyl sites for hydroxylation is 1. The van der Waals surface area contributed by atoms with Gasteiger partial charge in [0.25, 0.3) is 5.91 Å². The third kappa shape index (κ3) is 4.27. The Morgan fingerprint density at radius 3 is 2.72 bits per heavy atom. The molecule has 1 saturated carbocycles. The maximum atomic E-state index is 12.9. The van der Waals surface area contributed by atoms with Crippen LogP contribution in [0, 0.1) is 5.92 Å². The summed E-state index contributed by atoms with van der Waals surface area (Å²) in [5, 5.41) is 8.32. The highest BCUT2D eigenvalue weighted by Crippen LogP contribution is 2.24. The van der Waals surface area contributed by atoms with Gasteiger partial charge in [0.15, 0.2) is 5.69 Å². The fraction of sp³-hybridized carbons (Fsp3) is 0.667. The molecule has 0 bridgehead atoms. The van der Waals surface area contributed by atoms with E-state index < -0.39 is 0 Å². The van der Waals surface area contributed by atoms with Crippen LogP contribution < -0.4 is 0 Å². The summed E-state index contributed by atoms with van der Waals surface area (Å²) in [6.07, 6.45) is 11.9. The van der Waals surface area contributed by atoms with Gasteiger partial charge in [0.2, 0.25) is 0 Å². The van der Waals surface area contributed by atoms with Crippen molar-refractivity contribution in [3.8, 4) is 0 Å². The highest BCUT2D eigenvalue weighted by molar-refractivity contribution is 5.92. The highest BCUT2D eigenvalue weighted by atomic mass is 16.2. The van der Waals surface area contributed by atoms with E-state index in [1.807, 2.05) is 36.3 Å². The molecule has 2 aromatic heterocycles. The van der Waals surface area contributed by atoms with Crippen molar-refractivity contribution < 1.29 is 4.79 Å². The van der Waals surface area contributed by atoms with Gasteiger partial charge in [0, 0.05) is 32.0 Å². The zero-order chi connectivity index (χ0) is 17.8. The van der Waals surface area contributed by atoms with Crippen molar-refractivity contribution in [1.29, 1.82) is 0 Å². The number of imidazole rings is 1. The van der Waals surface area contributed by atoms with E-state index in [1.165, 1.54) is 32.1 Å². The average Bonchev–Trinajstić information content (AvgIpc) is 3.22. The van der Waals surface area contributed by atoms with Crippen LogP contribution in [-0.4, -0.2) is 41.4 Å². The van der Waals surface area contributed by atoms with Crippen LogP contribution in [0.2, 0.25) is 0 Å². The van der Waals surface area contributed by atoms with Gasteiger partial charge in [-0.15, -0.1) is 5.10 Å². The second kappa shape index (κ2) is 7.80. The predicted octanol–water partition coefficient (Wildman–Crippen LogP) is 2.64. The van der Waals surface area contributed by atoms with Crippen LogP contribution >= 0.6 is 0 Å². The molecule has 0 unspecified atom stereocenters. The number of hydrogen-bond donors (Lipinski definition) is 0. The minimum atomic E-state index is -0.0899. The van der Waals surface area contributed by atoms with Gasteiger partial charge in [-0.1, -0.05) is 24.5 Å². The maximum Gasteiger partial charge on any atom is 0.276 e. The molecule has 1 aliphatic rings. The fourth-order valence-corrected chi connectivity index (χ4v) is 3.46. The zero-order valence-electron chi connectivity index (χ0n) is 15.4. The number of nitrogens with zero attached hydrogens (tertiary/aromatic N) is 6. The Labute approximate surface area is 149 Å². The van der Waals surface area contributed by atoms with Crippen LogP contribution in [0.5, 0.6) is 0 Å². The van der Waals surface area contributed by atoms with E-state index in [9.17, 15) is 4.79 Å². The smallest absolute Gasteiger partial charge is 0.276 e. The summed E-state index contributed by atoms with van der Waals surface area (Å²) in [6, 6.07) is 0.0627. The van der Waals surface area contributed by atoms with E-state index in [0.29, 0.717) is 18.2 Å². The molecule has 7 nitrogen and oxygen atoms in total. The van der Waals surface area contributed by atoms with E-state index in [4.69, 9.17) is 0 Å². The Morgan fingerprint density at radius 1 is 1.32 bits per heavy atom. The normalized spacial score (nSPS) is 15.7. The molecule has 7 heteroatoms. The summed E-state index contributed by atoms with van der Waals surface area (Å²) in [7, 11) is 1.94. The van der Waals surface area contributed by atoms with Gasteiger partial charge >= 0.3 is 0 Å². The van der Waals surface area contributed by atoms with Gasteiger partial charge < -0.3 is 9.47 Å². The molecule has 3 rings (SSSR count). The largest absolute Gasteiger partial charge is 0.337 e. The molecule has 0 saturated heterocycles. The van der Waals surface area contributed by atoms with Gasteiger partial charge in [-0.05, 0) is 32.6 Å². The van der Waals surface area contributed by atoms with Gasteiger partial charge in [-0.3, -0.25) is 9.48 Å². The lowest BCUT2D eigenvalue weighted by molar-refractivity contribution is 0.0677. The van der Waals surface area contributed by atoms with Crippen molar-refractivity contribution in [1.82, 2.24) is 29.4 Å². The summed E-state index contributed by atoms with van der Waals surface area (Å²) in [5.74, 6) is 1.43. The van der Waals surface area contributed by atoms with Crippen LogP contribution in [0.1, 0.15) is 62.3 Å². The first kappa shape index (κ1) is 17.6. The van der Waals surface area contributed by atoms with Crippen LogP contribution in [0.15, 0.2) is 18.6 Å². The lowest BCUT2D eigenvalue weighted by atomic mass is 9.89. The minimum Gasteiger partial charge on any atom is -0.337 e. The first-order valence-electron chi connectivity index (χ1n) is 9.22. The van der Waals surface area contributed by atoms with Crippen LogP contribution in [-0.2, 0) is 20.1 Å². The summed E-state index contributed by atoms with van der Waals surface area (Å²) in [6.45, 7) is 5.34. The minimum absolute atomic E-state index is 0.0627. The lowest BCUT2D eigenvalue weighted by Crippen LogP contribution is -2.37. The van der Waals surface area contributed by atoms with Gasteiger partial charge in [-0.25, -0.2) is 4.98 Å². The summed E-state index contributed by atoms with van der Waals surface area (Å²) in [5.41, 5.74) is 0.415. The fourth-order valence-electron chi connectivity index (χ4n) is 3.46. The van der Waals surface area contributed by atoms with Gasteiger partial charge in [0.05, 0.1) is 12.7 Å². The quantitative estimate of drug-likeness (QED) is 0.808. The highest BCUT2D eigenvalue weighted by Gasteiger charge is 2.24. The van der Waals surface area contributed by atoms with Gasteiger partial charge in [0.1, 0.15) is 5.82 Å². The van der Waals surface area contributed by atoms with Crippen molar-refractivity contribution in [2.75, 3.05) is 0 Å². The average molecular weight is 344 g/mol. The van der Waals surface area contributed by atoms with Crippen LogP contribution in [0.3, 0.4) is 0 Å². The van der Waals surface area contributed by atoms with Crippen molar-refractivity contribution in [3.63, 3.8) is 0 Å². The van der Waals surface area contributed by atoms with Crippen LogP contribution in [0.25, 0.3) is 0 Å². The number of rotatable bonds is 6. The molecule has 2 heterocycles. The van der Waals surface area contributed by atoms with E-state index in [0.717, 1.165) is 12.4 Å². The number of carbonyl (C=O) groups excluding carboxylic acids is 1. The molecular weight excluding hydrogens is 316 g/mol. The molecule has 0 aromatic carbocycles. The number of carbonyl (C=O) groups is 1. The molecule has 1 fully saturated rings. The molecule has 0 atom stereocenters. The Bertz CT molecular complexity index is 698. The standard InChI is InChI=1S/C18H28N6O/c1-14(2)24(13-17-19-9-10-22(17)3)18(25)16-12-23(21-20-16)11-15-7-5-4-6-8-15/h9-10,12,14-15H,4-8,11,13H2,1-3H3. The molecule has 0 spiro atoms. The first-order valence-corrected chi connectivity index (χ1v) is 9.22. The molecule has 1 amide bonds. The molecule has 136 valence electrons. The zero-order valence-corrected chi connectivity index (χ0v) is 15.4. The van der Waals surface area contributed by atoms with Gasteiger partial charge in [-0.2, -0.15) is 0 Å². The van der Waals surface area contributed by atoms with Crippen LogP contribution in [0.4, 0.5) is 0 Å². The summed E-state index contributed by atoms with van der Waals surface area (Å²) >= 11 is 0. The number of amides is 1. The molecular formula is C18H28N6O. The van der Waals surface area contributed by atoms with E-state index >= 15 is 0 Å². The van der Waals surface area contributed by atoms with Crippen molar-refractivity contribution >= 4 is 5.91 Å². The Kier molecular flexibility index (Phi) is 5.50. The molecule has 2 aromatic rings. The monoisotopic (exact) mass is 344 g/mol. The third-order valence-electron chi connectivity index (χ3n) is 5.04. The molecule has 0 radical (unpaired) electrons. The molecule has 0 aliphatic heterocycles. The van der Waals surface area contributed by atoms with Crippen molar-refractivity contribution in [2.45, 2.75) is 65.1 Å². The Morgan fingerprint density at radius 2 is 2.08 bits per heavy atom. The number of hydrogen-bond acceptors (Lipinski definition) is 4. The summed E-state index contributed by atoms with van der Waals surface area (Å²) < 4.78 is 3.77. The SMILES string of the molecule is CC(C)N(Cc1nccn1C)C(=O)c1cn(CC2CCCCC2)nn1. The maximum absolute atomic E-state index is 12.9. The Balaban J connectivity index is 1.68. The van der Waals surface area contributed by atoms with E-state index in [-0.39, 0.29) is 11.9 Å². The van der Waals surface area contributed by atoms with Crippen molar-refractivity contribution in [3.05, 3.63) is 30.1 Å². The van der Waals surface area contributed by atoms with Crippen molar-refractivity contribution in [2.24, 2.45) is 13.0 Å². The second-order valence-electron chi connectivity index (χ2n) is 7.31. The lowest BCUT2D eigenvalue weighted by Gasteiger charge is -2.25.